The zero-order valence-electron chi connectivity index (χ0n) is 16.5. The summed E-state index contributed by atoms with van der Waals surface area (Å²) >= 11 is 6.00. The van der Waals surface area contributed by atoms with E-state index in [1.807, 2.05) is 13.8 Å². The van der Waals surface area contributed by atoms with Gasteiger partial charge in [0, 0.05) is 43.0 Å². The van der Waals surface area contributed by atoms with Gasteiger partial charge in [0.1, 0.15) is 6.54 Å². The molecular formula is C20H22ClN5O3. The van der Waals surface area contributed by atoms with Crippen molar-refractivity contribution >= 4 is 40.7 Å². The van der Waals surface area contributed by atoms with Crippen molar-refractivity contribution in [1.82, 2.24) is 14.7 Å². The molecule has 2 aromatic rings. The van der Waals surface area contributed by atoms with E-state index in [-0.39, 0.29) is 30.8 Å². The second-order valence-electron chi connectivity index (χ2n) is 7.67. The Balaban J connectivity index is 1.84. The average Bonchev–Trinajstić information content (AvgIpc) is 3.24. The molecule has 2 aliphatic heterocycles. The van der Waals surface area contributed by atoms with Gasteiger partial charge in [-0.15, -0.1) is 0 Å². The molecule has 8 nitrogen and oxygen atoms in total. The summed E-state index contributed by atoms with van der Waals surface area (Å²) in [5, 5.41) is 4.64. The Morgan fingerprint density at radius 3 is 2.34 bits per heavy atom. The summed E-state index contributed by atoms with van der Waals surface area (Å²) in [5.41, 5.74) is -0.520. The third-order valence-corrected chi connectivity index (χ3v) is 5.81. The van der Waals surface area contributed by atoms with E-state index >= 15 is 0 Å². The third-order valence-electron chi connectivity index (χ3n) is 5.56. The smallest absolute Gasteiger partial charge is 0.263 e. The lowest BCUT2D eigenvalue weighted by Crippen LogP contribution is -2.72. The first-order valence-electron chi connectivity index (χ1n) is 9.46. The van der Waals surface area contributed by atoms with Crippen LogP contribution in [-0.2, 0) is 21.4 Å². The van der Waals surface area contributed by atoms with Crippen molar-refractivity contribution in [3.05, 3.63) is 41.7 Å². The summed E-state index contributed by atoms with van der Waals surface area (Å²) in [6.07, 6.45) is 3.51. The Morgan fingerprint density at radius 1 is 1.07 bits per heavy atom. The van der Waals surface area contributed by atoms with Crippen molar-refractivity contribution in [2.24, 2.45) is 7.05 Å². The Morgan fingerprint density at radius 2 is 1.76 bits per heavy atom. The van der Waals surface area contributed by atoms with Gasteiger partial charge in [0.25, 0.3) is 11.8 Å². The second-order valence-corrected chi connectivity index (χ2v) is 8.11. The number of carbonyl (C=O) groups excluding carboxylic acids is 3. The first kappa shape index (κ1) is 19.4. The minimum absolute atomic E-state index is 0.0684. The summed E-state index contributed by atoms with van der Waals surface area (Å²) in [6, 6.07) is 6.43. The standard InChI is InChI=1S/C20H22ClN5O3/c1-13(2)25-12-17(27)26(15-6-4-14(21)5-7-15)20(19(25)29)8-9-24(18(20)28)16-10-22-23(3)11-16/h4-7,10-11,13H,8-9,12H2,1-3H3. The van der Waals surface area contributed by atoms with Crippen molar-refractivity contribution < 1.29 is 14.4 Å². The number of nitrogens with zero attached hydrogens (tertiary/aromatic N) is 5. The highest BCUT2D eigenvalue weighted by molar-refractivity contribution is 6.31. The Kier molecular flexibility index (Phi) is 4.61. The molecule has 29 heavy (non-hydrogen) atoms. The van der Waals surface area contributed by atoms with Gasteiger partial charge in [-0.1, -0.05) is 11.6 Å². The van der Waals surface area contributed by atoms with Crippen LogP contribution in [0.3, 0.4) is 0 Å². The van der Waals surface area contributed by atoms with Crippen molar-refractivity contribution in [3.8, 4) is 0 Å². The van der Waals surface area contributed by atoms with E-state index in [0.29, 0.717) is 22.9 Å². The lowest BCUT2D eigenvalue weighted by atomic mass is 9.88. The Hall–Kier alpha value is -2.87. The van der Waals surface area contributed by atoms with Crippen LogP contribution >= 0.6 is 11.6 Å². The van der Waals surface area contributed by atoms with Crippen LogP contribution in [0.15, 0.2) is 36.7 Å². The lowest BCUT2D eigenvalue weighted by Gasteiger charge is -2.47. The summed E-state index contributed by atoms with van der Waals surface area (Å²) in [4.78, 5) is 44.9. The van der Waals surface area contributed by atoms with Gasteiger partial charge >= 0.3 is 0 Å². The molecule has 2 saturated heterocycles. The molecule has 0 radical (unpaired) electrons. The molecule has 1 aromatic carbocycles. The SMILES string of the molecule is CC(C)N1CC(=O)N(c2ccc(Cl)cc2)C2(CCN(c3cnn(C)c3)C2=O)C1=O. The van der Waals surface area contributed by atoms with E-state index in [1.165, 1.54) is 14.7 Å². The van der Waals surface area contributed by atoms with Crippen LogP contribution in [0, 0.1) is 0 Å². The van der Waals surface area contributed by atoms with Gasteiger partial charge in [0.15, 0.2) is 0 Å². The number of hydrogen-bond acceptors (Lipinski definition) is 4. The maximum Gasteiger partial charge on any atom is 0.263 e. The molecule has 2 fully saturated rings. The molecule has 2 aliphatic rings. The van der Waals surface area contributed by atoms with E-state index in [2.05, 4.69) is 5.10 Å². The van der Waals surface area contributed by atoms with Crippen LogP contribution in [0.2, 0.25) is 5.02 Å². The molecule has 152 valence electrons. The van der Waals surface area contributed by atoms with Crippen molar-refractivity contribution in [3.63, 3.8) is 0 Å². The first-order chi connectivity index (χ1) is 13.8. The number of piperazine rings is 1. The van der Waals surface area contributed by atoms with Crippen LogP contribution in [0.1, 0.15) is 20.3 Å². The quantitative estimate of drug-likeness (QED) is 0.716. The molecule has 3 amide bonds. The molecule has 9 heteroatoms. The van der Waals surface area contributed by atoms with Gasteiger partial charge in [-0.25, -0.2) is 0 Å². The van der Waals surface area contributed by atoms with E-state index in [4.69, 9.17) is 11.6 Å². The van der Waals surface area contributed by atoms with Gasteiger partial charge in [0.05, 0.1) is 11.9 Å². The molecule has 1 atom stereocenters. The van der Waals surface area contributed by atoms with Crippen molar-refractivity contribution in [2.45, 2.75) is 31.8 Å². The maximum atomic E-state index is 13.7. The molecule has 1 unspecified atom stereocenters. The van der Waals surface area contributed by atoms with Crippen molar-refractivity contribution in [1.29, 1.82) is 0 Å². The number of benzene rings is 1. The molecule has 3 heterocycles. The van der Waals surface area contributed by atoms with Gasteiger partial charge in [-0.05, 0) is 38.1 Å². The minimum atomic E-state index is -1.61. The molecule has 0 saturated carbocycles. The maximum absolute atomic E-state index is 13.7. The van der Waals surface area contributed by atoms with Gasteiger partial charge in [-0.2, -0.15) is 5.10 Å². The summed E-state index contributed by atoms with van der Waals surface area (Å²) < 4.78 is 1.60. The molecule has 0 N–H and O–H groups in total. The van der Waals surface area contributed by atoms with Crippen LogP contribution in [-0.4, -0.2) is 57.1 Å². The third kappa shape index (κ3) is 2.90. The minimum Gasteiger partial charge on any atom is -0.328 e. The number of rotatable bonds is 3. The largest absolute Gasteiger partial charge is 0.328 e. The van der Waals surface area contributed by atoms with Gasteiger partial charge in [-0.3, -0.25) is 24.0 Å². The number of aromatic nitrogens is 2. The van der Waals surface area contributed by atoms with Gasteiger partial charge < -0.3 is 9.80 Å². The van der Waals surface area contributed by atoms with E-state index in [9.17, 15) is 14.4 Å². The van der Waals surface area contributed by atoms with E-state index in [1.54, 1.807) is 48.4 Å². The van der Waals surface area contributed by atoms with Crippen LogP contribution in [0.5, 0.6) is 0 Å². The molecule has 0 bridgehead atoms. The molecule has 4 rings (SSSR count). The van der Waals surface area contributed by atoms with E-state index < -0.39 is 11.4 Å². The first-order valence-corrected chi connectivity index (χ1v) is 9.84. The van der Waals surface area contributed by atoms with Crippen LogP contribution < -0.4 is 9.80 Å². The summed E-state index contributed by atoms with van der Waals surface area (Å²) in [6.45, 7) is 3.94. The normalized spacial score (nSPS) is 22.5. The average molecular weight is 416 g/mol. The fraction of sp³-hybridized carbons (Fsp3) is 0.400. The molecule has 1 spiro atoms. The molecule has 1 aromatic heterocycles. The zero-order valence-corrected chi connectivity index (χ0v) is 17.3. The lowest BCUT2D eigenvalue weighted by molar-refractivity contribution is -0.151. The number of anilines is 2. The second kappa shape index (κ2) is 6.88. The monoisotopic (exact) mass is 415 g/mol. The van der Waals surface area contributed by atoms with E-state index in [0.717, 1.165) is 0 Å². The fourth-order valence-electron chi connectivity index (χ4n) is 4.11. The van der Waals surface area contributed by atoms with Gasteiger partial charge in [0.2, 0.25) is 11.4 Å². The molecular weight excluding hydrogens is 394 g/mol. The van der Waals surface area contributed by atoms with Crippen LogP contribution in [0.25, 0.3) is 0 Å². The fourth-order valence-corrected chi connectivity index (χ4v) is 4.24. The Bertz CT molecular complexity index is 986. The highest BCUT2D eigenvalue weighted by atomic mass is 35.5. The topological polar surface area (TPSA) is 78.8 Å². The highest BCUT2D eigenvalue weighted by Gasteiger charge is 2.63. The number of carbonyl (C=O) groups is 3. The summed E-state index contributed by atoms with van der Waals surface area (Å²) in [5.74, 6) is -1.05. The number of amides is 3. The summed E-state index contributed by atoms with van der Waals surface area (Å²) in [7, 11) is 1.76. The predicted molar refractivity (Wildman–Crippen MR) is 109 cm³/mol. The number of hydrogen-bond donors (Lipinski definition) is 0. The molecule has 0 aliphatic carbocycles. The van der Waals surface area contributed by atoms with Crippen LogP contribution in [0.4, 0.5) is 11.4 Å². The van der Waals surface area contributed by atoms with Crippen molar-refractivity contribution in [2.75, 3.05) is 22.9 Å². The highest BCUT2D eigenvalue weighted by Crippen LogP contribution is 2.40. The number of aryl methyl sites for hydroxylation is 1. The zero-order chi connectivity index (χ0) is 20.9. The predicted octanol–water partition coefficient (Wildman–Crippen LogP) is 1.83. The Labute approximate surface area is 173 Å². The number of halogens is 1.